The molecule has 2 amide bonds. The van der Waals surface area contributed by atoms with Crippen LogP contribution in [0.2, 0.25) is 0 Å². The number of aliphatic hydroxyl groups excluding tert-OH is 1. The van der Waals surface area contributed by atoms with E-state index in [2.05, 4.69) is 31.2 Å². The first-order valence-electron chi connectivity index (χ1n) is 7.78. The second-order valence-electron chi connectivity index (χ2n) is 5.98. The second kappa shape index (κ2) is 6.93. The molecule has 6 nitrogen and oxygen atoms in total. The molecule has 1 aromatic heterocycles. The van der Waals surface area contributed by atoms with Crippen molar-refractivity contribution in [3.05, 3.63) is 12.3 Å². The molecule has 1 fully saturated rings. The number of urea groups is 1. The van der Waals surface area contributed by atoms with Gasteiger partial charge in [-0.05, 0) is 39.0 Å². The van der Waals surface area contributed by atoms with E-state index >= 15 is 0 Å². The maximum Gasteiger partial charge on any atom is 0.323 e. The van der Waals surface area contributed by atoms with Crippen molar-refractivity contribution in [3.63, 3.8) is 0 Å². The van der Waals surface area contributed by atoms with Gasteiger partial charge in [0.05, 0.1) is 12.2 Å². The molecule has 1 aliphatic rings. The third-order valence-electron chi connectivity index (χ3n) is 4.41. The number of likely N-dealkylation sites (tertiary alicyclic amines) is 1. The molecule has 0 spiro atoms. The molecule has 118 valence electrons. The normalized spacial score (nSPS) is 23.9. The van der Waals surface area contributed by atoms with E-state index in [0.29, 0.717) is 6.54 Å². The van der Waals surface area contributed by atoms with Gasteiger partial charge in [-0.25, -0.2) is 9.48 Å². The van der Waals surface area contributed by atoms with Crippen LogP contribution in [-0.2, 0) is 0 Å². The van der Waals surface area contributed by atoms with Crippen molar-refractivity contribution in [1.82, 2.24) is 14.7 Å². The van der Waals surface area contributed by atoms with Crippen LogP contribution in [0, 0.1) is 5.92 Å². The van der Waals surface area contributed by atoms with Crippen LogP contribution in [0.4, 0.5) is 10.6 Å². The number of aromatic nitrogens is 2. The summed E-state index contributed by atoms with van der Waals surface area (Å²) in [4.78, 5) is 14.3. The standard InChI is InChI=1S/C15H26N4O2/c1-4-11(2)19-14(7-8-16-19)17-15(21)18-9-13(10-20)6-5-12(18)3/h7-8,11-13,20H,4-6,9-10H2,1-3H3,(H,17,21). The number of carbonyl (C=O) groups excluding carboxylic acids is 1. The summed E-state index contributed by atoms with van der Waals surface area (Å²) in [5.74, 6) is 0.916. The molecule has 0 radical (unpaired) electrons. The van der Waals surface area contributed by atoms with Gasteiger partial charge >= 0.3 is 6.03 Å². The molecule has 3 atom stereocenters. The number of carbonyl (C=O) groups is 1. The summed E-state index contributed by atoms with van der Waals surface area (Å²) in [5.41, 5.74) is 0. The highest BCUT2D eigenvalue weighted by Gasteiger charge is 2.29. The zero-order chi connectivity index (χ0) is 15.4. The molecule has 3 unspecified atom stereocenters. The van der Waals surface area contributed by atoms with Crippen molar-refractivity contribution >= 4 is 11.8 Å². The first-order chi connectivity index (χ1) is 10.1. The second-order valence-corrected chi connectivity index (χ2v) is 5.98. The Labute approximate surface area is 126 Å². The number of hydrogen-bond donors (Lipinski definition) is 2. The van der Waals surface area contributed by atoms with E-state index in [4.69, 9.17) is 0 Å². The minimum Gasteiger partial charge on any atom is -0.396 e. The van der Waals surface area contributed by atoms with Crippen LogP contribution >= 0.6 is 0 Å². The van der Waals surface area contributed by atoms with Gasteiger partial charge in [0.25, 0.3) is 0 Å². The summed E-state index contributed by atoms with van der Waals surface area (Å²) in [6.07, 6.45) is 4.57. The molecule has 6 heteroatoms. The Morgan fingerprint density at radius 2 is 2.33 bits per heavy atom. The summed E-state index contributed by atoms with van der Waals surface area (Å²) < 4.78 is 1.84. The average Bonchev–Trinajstić information content (AvgIpc) is 2.95. The number of aliphatic hydroxyl groups is 1. The molecule has 1 aromatic rings. The predicted molar refractivity (Wildman–Crippen MR) is 82.2 cm³/mol. The van der Waals surface area contributed by atoms with Crippen molar-refractivity contribution in [1.29, 1.82) is 0 Å². The number of anilines is 1. The third kappa shape index (κ3) is 3.56. The molecule has 2 rings (SSSR count). The van der Waals surface area contributed by atoms with E-state index in [0.717, 1.165) is 25.1 Å². The highest BCUT2D eigenvalue weighted by Crippen LogP contribution is 2.23. The maximum absolute atomic E-state index is 12.5. The van der Waals surface area contributed by atoms with Crippen molar-refractivity contribution in [2.45, 2.75) is 52.1 Å². The molecular weight excluding hydrogens is 268 g/mol. The summed E-state index contributed by atoms with van der Waals surface area (Å²) in [7, 11) is 0. The van der Waals surface area contributed by atoms with Gasteiger partial charge in [0.15, 0.2) is 0 Å². The van der Waals surface area contributed by atoms with Gasteiger partial charge in [-0.2, -0.15) is 5.10 Å². The summed E-state index contributed by atoms with van der Waals surface area (Å²) in [5, 5.41) is 16.5. The van der Waals surface area contributed by atoms with Crippen LogP contribution in [-0.4, -0.2) is 45.0 Å². The molecule has 0 bridgehead atoms. The lowest BCUT2D eigenvalue weighted by Gasteiger charge is -2.37. The molecule has 0 aromatic carbocycles. The fourth-order valence-electron chi connectivity index (χ4n) is 2.73. The molecule has 21 heavy (non-hydrogen) atoms. The average molecular weight is 294 g/mol. The Hall–Kier alpha value is -1.56. The Bertz CT molecular complexity index is 474. The quantitative estimate of drug-likeness (QED) is 0.896. The first-order valence-corrected chi connectivity index (χ1v) is 7.78. The Balaban J connectivity index is 2.05. The van der Waals surface area contributed by atoms with Crippen molar-refractivity contribution in [3.8, 4) is 0 Å². The number of piperidine rings is 1. The van der Waals surface area contributed by atoms with Crippen molar-refractivity contribution < 1.29 is 9.90 Å². The fourth-order valence-corrected chi connectivity index (χ4v) is 2.73. The van der Waals surface area contributed by atoms with E-state index in [1.165, 1.54) is 0 Å². The largest absolute Gasteiger partial charge is 0.396 e. The molecule has 0 aliphatic carbocycles. The molecule has 2 N–H and O–H groups in total. The molecule has 1 saturated heterocycles. The van der Waals surface area contributed by atoms with Gasteiger partial charge in [0.1, 0.15) is 5.82 Å². The Kier molecular flexibility index (Phi) is 5.22. The predicted octanol–water partition coefficient (Wildman–Crippen LogP) is 2.48. The van der Waals surface area contributed by atoms with Crippen LogP contribution in [0.3, 0.4) is 0 Å². The van der Waals surface area contributed by atoms with E-state index in [9.17, 15) is 9.90 Å². The zero-order valence-electron chi connectivity index (χ0n) is 13.1. The minimum absolute atomic E-state index is 0.106. The number of rotatable bonds is 4. The van der Waals surface area contributed by atoms with E-state index in [1.807, 2.05) is 15.6 Å². The SMILES string of the molecule is CCC(C)n1nccc1NC(=O)N1CC(CO)CCC1C. The smallest absolute Gasteiger partial charge is 0.323 e. The zero-order valence-corrected chi connectivity index (χ0v) is 13.1. The molecule has 1 aliphatic heterocycles. The van der Waals surface area contributed by atoms with Gasteiger partial charge in [0, 0.05) is 25.3 Å². The van der Waals surface area contributed by atoms with Gasteiger partial charge in [0.2, 0.25) is 0 Å². The van der Waals surface area contributed by atoms with Gasteiger partial charge in [-0.1, -0.05) is 6.92 Å². The van der Waals surface area contributed by atoms with Crippen molar-refractivity contribution in [2.75, 3.05) is 18.5 Å². The lowest BCUT2D eigenvalue weighted by atomic mass is 9.94. The number of amides is 2. The highest BCUT2D eigenvalue weighted by atomic mass is 16.3. The maximum atomic E-state index is 12.5. The topological polar surface area (TPSA) is 70.4 Å². The highest BCUT2D eigenvalue weighted by molar-refractivity contribution is 5.88. The lowest BCUT2D eigenvalue weighted by molar-refractivity contribution is 0.107. The lowest BCUT2D eigenvalue weighted by Crippen LogP contribution is -2.48. The first kappa shape index (κ1) is 15.8. The van der Waals surface area contributed by atoms with Crippen LogP contribution < -0.4 is 5.32 Å². The molecule has 2 heterocycles. The van der Waals surface area contributed by atoms with E-state index in [1.54, 1.807) is 6.20 Å². The Morgan fingerprint density at radius 3 is 3.00 bits per heavy atom. The fraction of sp³-hybridized carbons (Fsp3) is 0.733. The molecular formula is C15H26N4O2. The third-order valence-corrected chi connectivity index (χ3v) is 4.41. The summed E-state index contributed by atoms with van der Waals surface area (Å²) >= 11 is 0. The van der Waals surface area contributed by atoms with Crippen LogP contribution in [0.5, 0.6) is 0 Å². The van der Waals surface area contributed by atoms with Gasteiger partial charge in [-0.3, -0.25) is 5.32 Å². The number of nitrogens with zero attached hydrogens (tertiary/aromatic N) is 3. The van der Waals surface area contributed by atoms with Crippen LogP contribution in [0.15, 0.2) is 12.3 Å². The summed E-state index contributed by atoms with van der Waals surface area (Å²) in [6, 6.07) is 2.17. The van der Waals surface area contributed by atoms with E-state index in [-0.39, 0.29) is 30.6 Å². The van der Waals surface area contributed by atoms with Gasteiger partial charge < -0.3 is 10.0 Å². The number of nitrogens with one attached hydrogen (secondary N) is 1. The minimum atomic E-state index is -0.106. The summed E-state index contributed by atoms with van der Waals surface area (Å²) in [6.45, 7) is 6.98. The Morgan fingerprint density at radius 1 is 1.57 bits per heavy atom. The van der Waals surface area contributed by atoms with Crippen LogP contribution in [0.25, 0.3) is 0 Å². The monoisotopic (exact) mass is 294 g/mol. The van der Waals surface area contributed by atoms with Crippen molar-refractivity contribution in [2.24, 2.45) is 5.92 Å². The molecule has 0 saturated carbocycles. The van der Waals surface area contributed by atoms with Crippen LogP contribution in [0.1, 0.15) is 46.1 Å². The van der Waals surface area contributed by atoms with Gasteiger partial charge in [-0.15, -0.1) is 0 Å². The number of hydrogen-bond acceptors (Lipinski definition) is 3. The van der Waals surface area contributed by atoms with E-state index < -0.39 is 0 Å².